The molecule has 1 aliphatic rings. The first-order valence-corrected chi connectivity index (χ1v) is 5.77. The van der Waals surface area contributed by atoms with Gasteiger partial charge in [-0.15, -0.1) is 0 Å². The Hall–Kier alpha value is -0.610. The van der Waals surface area contributed by atoms with Crippen LogP contribution in [0.3, 0.4) is 0 Å². The average Bonchev–Trinajstić information content (AvgIpc) is 2.25. The minimum absolute atomic E-state index is 0.280. The molecule has 0 bridgehead atoms. The summed E-state index contributed by atoms with van der Waals surface area (Å²) in [6.07, 6.45) is 3.25. The normalized spacial score (nSPS) is 20.1. The number of rotatable bonds is 6. The summed E-state index contributed by atoms with van der Waals surface area (Å²) in [4.78, 5) is 12.9. The van der Waals surface area contributed by atoms with E-state index in [1.54, 1.807) is 0 Å². The molecule has 1 atom stereocenters. The van der Waals surface area contributed by atoms with Gasteiger partial charge in [0, 0.05) is 25.6 Å². The van der Waals surface area contributed by atoms with Gasteiger partial charge >= 0.3 is 5.97 Å². The summed E-state index contributed by atoms with van der Waals surface area (Å²) < 4.78 is 5.30. The van der Waals surface area contributed by atoms with Crippen LogP contribution in [0.5, 0.6) is 0 Å². The van der Waals surface area contributed by atoms with Crippen LogP contribution in [-0.2, 0) is 9.53 Å². The van der Waals surface area contributed by atoms with Crippen LogP contribution in [0.25, 0.3) is 0 Å². The van der Waals surface area contributed by atoms with E-state index in [0.717, 1.165) is 45.6 Å². The third kappa shape index (κ3) is 4.62. The zero-order valence-corrected chi connectivity index (χ0v) is 9.45. The van der Waals surface area contributed by atoms with Crippen molar-refractivity contribution in [3.8, 4) is 0 Å². The van der Waals surface area contributed by atoms with Crippen molar-refractivity contribution < 1.29 is 14.6 Å². The number of morpholine rings is 1. The minimum Gasteiger partial charge on any atom is -0.481 e. The summed E-state index contributed by atoms with van der Waals surface area (Å²) >= 11 is 0. The van der Waals surface area contributed by atoms with Gasteiger partial charge in [-0.25, -0.2) is 0 Å². The molecule has 1 rings (SSSR count). The van der Waals surface area contributed by atoms with Crippen molar-refractivity contribution in [3.63, 3.8) is 0 Å². The van der Waals surface area contributed by atoms with E-state index in [1.165, 1.54) is 0 Å². The zero-order valence-electron chi connectivity index (χ0n) is 9.45. The van der Waals surface area contributed by atoms with Crippen molar-refractivity contribution in [2.24, 2.45) is 0 Å². The Morgan fingerprint density at radius 3 is 2.60 bits per heavy atom. The standard InChI is InChI=1S/C11H21NO3/c1-2-3-10(4-5-11(13)14)12-6-8-15-9-7-12/h10H,2-9H2,1H3,(H,13,14). The van der Waals surface area contributed by atoms with Gasteiger partial charge in [-0.05, 0) is 12.8 Å². The van der Waals surface area contributed by atoms with Gasteiger partial charge < -0.3 is 9.84 Å². The second-order valence-corrected chi connectivity index (χ2v) is 4.02. The van der Waals surface area contributed by atoms with E-state index >= 15 is 0 Å². The topological polar surface area (TPSA) is 49.8 Å². The molecule has 0 aromatic carbocycles. The third-order valence-electron chi connectivity index (χ3n) is 2.88. The molecular formula is C11H21NO3. The lowest BCUT2D eigenvalue weighted by Crippen LogP contribution is -2.43. The van der Waals surface area contributed by atoms with Crippen LogP contribution in [0, 0.1) is 0 Å². The Bertz CT molecular complexity index is 190. The highest BCUT2D eigenvalue weighted by atomic mass is 16.5. The molecule has 0 aromatic rings. The molecule has 1 unspecified atom stereocenters. The maximum absolute atomic E-state index is 10.5. The van der Waals surface area contributed by atoms with E-state index in [9.17, 15) is 4.79 Å². The number of hydrogen-bond donors (Lipinski definition) is 1. The van der Waals surface area contributed by atoms with E-state index in [2.05, 4.69) is 11.8 Å². The number of carboxylic acids is 1. The van der Waals surface area contributed by atoms with Crippen molar-refractivity contribution in [1.82, 2.24) is 4.90 Å². The van der Waals surface area contributed by atoms with Crippen molar-refractivity contribution in [2.45, 2.75) is 38.6 Å². The van der Waals surface area contributed by atoms with Crippen molar-refractivity contribution in [1.29, 1.82) is 0 Å². The number of carboxylic acid groups (broad SMARTS) is 1. The largest absolute Gasteiger partial charge is 0.481 e. The number of nitrogens with zero attached hydrogens (tertiary/aromatic N) is 1. The number of carbonyl (C=O) groups is 1. The van der Waals surface area contributed by atoms with Gasteiger partial charge in [-0.3, -0.25) is 9.69 Å². The Kier molecular flexibility index (Phi) is 5.65. The lowest BCUT2D eigenvalue weighted by molar-refractivity contribution is -0.137. The van der Waals surface area contributed by atoms with Crippen LogP contribution in [0.1, 0.15) is 32.6 Å². The molecular weight excluding hydrogens is 194 g/mol. The van der Waals surface area contributed by atoms with E-state index in [1.807, 2.05) is 0 Å². The lowest BCUT2D eigenvalue weighted by Gasteiger charge is -2.34. The number of aliphatic carboxylic acids is 1. The predicted molar refractivity (Wildman–Crippen MR) is 58.0 cm³/mol. The summed E-state index contributed by atoms with van der Waals surface area (Å²) in [5.74, 6) is -0.690. The summed E-state index contributed by atoms with van der Waals surface area (Å²) in [7, 11) is 0. The van der Waals surface area contributed by atoms with Crippen molar-refractivity contribution in [2.75, 3.05) is 26.3 Å². The molecule has 0 radical (unpaired) electrons. The maximum atomic E-state index is 10.5. The Labute approximate surface area is 91.2 Å². The van der Waals surface area contributed by atoms with Crippen molar-refractivity contribution >= 4 is 5.97 Å². The molecule has 1 fully saturated rings. The Morgan fingerprint density at radius 2 is 2.07 bits per heavy atom. The van der Waals surface area contributed by atoms with Crippen LogP contribution in [0.4, 0.5) is 0 Å². The van der Waals surface area contributed by atoms with Crippen LogP contribution in [0.15, 0.2) is 0 Å². The fourth-order valence-electron chi connectivity index (χ4n) is 2.08. The van der Waals surface area contributed by atoms with E-state index < -0.39 is 5.97 Å². The summed E-state index contributed by atoms with van der Waals surface area (Å²) in [6.45, 7) is 5.61. The average molecular weight is 215 g/mol. The van der Waals surface area contributed by atoms with Crippen LogP contribution < -0.4 is 0 Å². The first-order chi connectivity index (χ1) is 7.24. The first kappa shape index (κ1) is 12.5. The van der Waals surface area contributed by atoms with Crippen LogP contribution in [-0.4, -0.2) is 48.3 Å². The highest BCUT2D eigenvalue weighted by Crippen LogP contribution is 2.14. The van der Waals surface area contributed by atoms with Crippen molar-refractivity contribution in [3.05, 3.63) is 0 Å². The molecule has 1 heterocycles. The van der Waals surface area contributed by atoms with Gasteiger partial charge in [0.05, 0.1) is 13.2 Å². The molecule has 0 aliphatic carbocycles. The highest BCUT2D eigenvalue weighted by Gasteiger charge is 2.20. The van der Waals surface area contributed by atoms with E-state index in [0.29, 0.717) is 6.04 Å². The fourth-order valence-corrected chi connectivity index (χ4v) is 2.08. The lowest BCUT2D eigenvalue weighted by atomic mass is 10.0. The Balaban J connectivity index is 2.36. The molecule has 4 heteroatoms. The van der Waals surface area contributed by atoms with Gasteiger partial charge in [0.1, 0.15) is 0 Å². The van der Waals surface area contributed by atoms with Gasteiger partial charge in [0.2, 0.25) is 0 Å². The Morgan fingerprint density at radius 1 is 1.40 bits per heavy atom. The monoisotopic (exact) mass is 215 g/mol. The predicted octanol–water partition coefficient (Wildman–Crippen LogP) is 1.35. The molecule has 88 valence electrons. The molecule has 0 saturated carbocycles. The molecule has 0 spiro atoms. The zero-order chi connectivity index (χ0) is 11.1. The molecule has 1 saturated heterocycles. The van der Waals surface area contributed by atoms with Crippen LogP contribution in [0.2, 0.25) is 0 Å². The third-order valence-corrected chi connectivity index (χ3v) is 2.88. The second-order valence-electron chi connectivity index (χ2n) is 4.02. The molecule has 4 nitrogen and oxygen atoms in total. The van der Waals surface area contributed by atoms with Gasteiger partial charge in [0.25, 0.3) is 0 Å². The van der Waals surface area contributed by atoms with E-state index in [4.69, 9.17) is 9.84 Å². The highest BCUT2D eigenvalue weighted by molar-refractivity contribution is 5.66. The maximum Gasteiger partial charge on any atom is 0.303 e. The van der Waals surface area contributed by atoms with Gasteiger partial charge in [-0.1, -0.05) is 13.3 Å². The minimum atomic E-state index is -0.690. The second kappa shape index (κ2) is 6.80. The fraction of sp³-hybridized carbons (Fsp3) is 0.909. The summed E-state index contributed by atoms with van der Waals surface area (Å²) in [6, 6.07) is 0.426. The molecule has 1 aliphatic heterocycles. The molecule has 1 N–H and O–H groups in total. The molecule has 0 amide bonds. The molecule has 0 aromatic heterocycles. The van der Waals surface area contributed by atoms with E-state index in [-0.39, 0.29) is 6.42 Å². The smallest absolute Gasteiger partial charge is 0.303 e. The SMILES string of the molecule is CCCC(CCC(=O)O)N1CCOCC1. The number of ether oxygens (including phenoxy) is 1. The van der Waals surface area contributed by atoms with Crippen LogP contribution >= 0.6 is 0 Å². The van der Waals surface area contributed by atoms with Gasteiger partial charge in [-0.2, -0.15) is 0 Å². The summed E-state index contributed by atoms with van der Waals surface area (Å²) in [5, 5.41) is 8.69. The first-order valence-electron chi connectivity index (χ1n) is 5.77. The quantitative estimate of drug-likeness (QED) is 0.726. The van der Waals surface area contributed by atoms with Gasteiger partial charge in [0.15, 0.2) is 0 Å². The molecule has 15 heavy (non-hydrogen) atoms. The summed E-state index contributed by atoms with van der Waals surface area (Å²) in [5.41, 5.74) is 0. The number of hydrogen-bond acceptors (Lipinski definition) is 3.